The van der Waals surface area contributed by atoms with Gasteiger partial charge < -0.3 is 11.1 Å². The molecular formula is C16H25N3. The molecule has 3 N–H and O–H groups in total. The lowest BCUT2D eigenvalue weighted by Crippen LogP contribution is -2.45. The Kier molecular flexibility index (Phi) is 3.57. The minimum Gasteiger partial charge on any atom is -0.370 e. The van der Waals surface area contributed by atoms with Gasteiger partial charge in [-0.25, -0.2) is 0 Å². The van der Waals surface area contributed by atoms with Crippen molar-refractivity contribution in [2.45, 2.75) is 51.5 Å². The van der Waals surface area contributed by atoms with Crippen molar-refractivity contribution in [3.8, 4) is 0 Å². The number of rotatable bonds is 3. The van der Waals surface area contributed by atoms with Gasteiger partial charge in [0, 0.05) is 11.0 Å². The van der Waals surface area contributed by atoms with E-state index < -0.39 is 0 Å². The first kappa shape index (κ1) is 13.9. The van der Waals surface area contributed by atoms with E-state index in [9.17, 15) is 0 Å². The maximum Gasteiger partial charge on any atom is 0.189 e. The highest BCUT2D eigenvalue weighted by atomic mass is 15.1. The second kappa shape index (κ2) is 4.87. The van der Waals surface area contributed by atoms with Crippen LogP contribution in [0.1, 0.15) is 44.7 Å². The van der Waals surface area contributed by atoms with Crippen LogP contribution in [0.15, 0.2) is 29.3 Å². The Hall–Kier alpha value is -1.51. The van der Waals surface area contributed by atoms with Crippen LogP contribution in [0.2, 0.25) is 0 Å². The highest BCUT2D eigenvalue weighted by Gasteiger charge is 2.44. The van der Waals surface area contributed by atoms with E-state index in [1.165, 1.54) is 24.0 Å². The smallest absolute Gasteiger partial charge is 0.189 e. The van der Waals surface area contributed by atoms with Gasteiger partial charge in [-0.1, -0.05) is 24.3 Å². The molecule has 19 heavy (non-hydrogen) atoms. The summed E-state index contributed by atoms with van der Waals surface area (Å²) in [6.07, 6.45) is 2.42. The Morgan fingerprint density at radius 2 is 1.95 bits per heavy atom. The van der Waals surface area contributed by atoms with Crippen molar-refractivity contribution in [1.29, 1.82) is 0 Å². The quantitative estimate of drug-likeness (QED) is 0.648. The zero-order valence-corrected chi connectivity index (χ0v) is 12.5. The first-order valence-electron chi connectivity index (χ1n) is 6.97. The van der Waals surface area contributed by atoms with Gasteiger partial charge in [-0.05, 0) is 51.7 Å². The molecule has 1 fully saturated rings. The molecule has 2 rings (SSSR count). The van der Waals surface area contributed by atoms with E-state index in [4.69, 9.17) is 5.73 Å². The fourth-order valence-corrected chi connectivity index (χ4v) is 2.49. The van der Waals surface area contributed by atoms with Gasteiger partial charge in [0.25, 0.3) is 0 Å². The van der Waals surface area contributed by atoms with Crippen LogP contribution in [0, 0.1) is 6.92 Å². The average Bonchev–Trinajstić information content (AvgIpc) is 3.06. The largest absolute Gasteiger partial charge is 0.370 e. The van der Waals surface area contributed by atoms with E-state index in [-0.39, 0.29) is 11.0 Å². The minimum atomic E-state index is -0.0348. The third-order valence-electron chi connectivity index (χ3n) is 3.63. The second-order valence-electron chi connectivity index (χ2n) is 6.67. The van der Waals surface area contributed by atoms with E-state index >= 15 is 0 Å². The van der Waals surface area contributed by atoms with Crippen LogP contribution < -0.4 is 11.1 Å². The standard InChI is InChI=1S/C16H25N3/c1-12-7-5-6-8-13(12)16(9-10-16)11-18-14(17)19-15(2,3)4/h5-8H,9-11H2,1-4H3,(H3,17,18,19). The molecule has 0 atom stereocenters. The molecule has 1 saturated carbocycles. The molecule has 1 aromatic carbocycles. The first-order chi connectivity index (χ1) is 8.82. The lowest BCUT2D eigenvalue weighted by atomic mass is 9.92. The van der Waals surface area contributed by atoms with Crippen LogP contribution in [0.5, 0.6) is 0 Å². The predicted octanol–water partition coefficient (Wildman–Crippen LogP) is 2.73. The third kappa shape index (κ3) is 3.49. The Bertz CT molecular complexity index is 479. The van der Waals surface area contributed by atoms with E-state index in [1.807, 2.05) is 0 Å². The molecule has 0 amide bonds. The predicted molar refractivity (Wildman–Crippen MR) is 81.5 cm³/mol. The second-order valence-corrected chi connectivity index (χ2v) is 6.67. The van der Waals surface area contributed by atoms with E-state index in [0.717, 1.165) is 6.54 Å². The number of aryl methyl sites for hydroxylation is 1. The van der Waals surface area contributed by atoms with Gasteiger partial charge in [-0.15, -0.1) is 0 Å². The zero-order valence-electron chi connectivity index (χ0n) is 12.5. The van der Waals surface area contributed by atoms with Crippen molar-refractivity contribution in [2.75, 3.05) is 6.54 Å². The van der Waals surface area contributed by atoms with Crippen molar-refractivity contribution in [3.63, 3.8) is 0 Å². The van der Waals surface area contributed by atoms with E-state index in [2.05, 4.69) is 62.3 Å². The third-order valence-corrected chi connectivity index (χ3v) is 3.63. The van der Waals surface area contributed by atoms with Gasteiger partial charge in [-0.3, -0.25) is 4.99 Å². The number of benzene rings is 1. The molecule has 0 unspecified atom stereocenters. The van der Waals surface area contributed by atoms with Crippen molar-refractivity contribution < 1.29 is 0 Å². The van der Waals surface area contributed by atoms with Crippen LogP contribution in [0.4, 0.5) is 0 Å². The van der Waals surface area contributed by atoms with Crippen LogP contribution in [0.25, 0.3) is 0 Å². The number of nitrogens with zero attached hydrogens (tertiary/aromatic N) is 1. The first-order valence-corrected chi connectivity index (χ1v) is 6.97. The topological polar surface area (TPSA) is 50.4 Å². The van der Waals surface area contributed by atoms with Gasteiger partial charge in [-0.2, -0.15) is 0 Å². The summed E-state index contributed by atoms with van der Waals surface area (Å²) in [6, 6.07) is 8.61. The summed E-state index contributed by atoms with van der Waals surface area (Å²) in [7, 11) is 0. The summed E-state index contributed by atoms with van der Waals surface area (Å²) in [5.74, 6) is 0.548. The number of nitrogens with two attached hydrogens (primary N) is 1. The number of guanidine groups is 1. The van der Waals surface area contributed by atoms with Crippen LogP contribution in [0.3, 0.4) is 0 Å². The molecule has 3 nitrogen and oxygen atoms in total. The van der Waals surface area contributed by atoms with Crippen molar-refractivity contribution in [3.05, 3.63) is 35.4 Å². The molecule has 0 aliphatic heterocycles. The molecule has 0 heterocycles. The van der Waals surface area contributed by atoms with Gasteiger partial charge in [0.15, 0.2) is 5.96 Å². The highest BCUT2D eigenvalue weighted by molar-refractivity contribution is 5.78. The van der Waals surface area contributed by atoms with Gasteiger partial charge in [0.05, 0.1) is 6.54 Å². The maximum absolute atomic E-state index is 5.95. The summed E-state index contributed by atoms with van der Waals surface area (Å²) in [5.41, 5.74) is 8.94. The van der Waals surface area contributed by atoms with Crippen molar-refractivity contribution in [1.82, 2.24) is 5.32 Å². The number of hydrogen-bond acceptors (Lipinski definition) is 1. The lowest BCUT2D eigenvalue weighted by molar-refractivity contribution is 0.507. The van der Waals surface area contributed by atoms with Crippen LogP contribution in [-0.4, -0.2) is 18.0 Å². The SMILES string of the molecule is Cc1ccccc1C1(CN=C(N)NC(C)(C)C)CC1. The molecule has 0 aromatic heterocycles. The molecule has 0 saturated heterocycles. The zero-order chi connectivity index (χ0) is 14.1. The number of nitrogens with one attached hydrogen (secondary N) is 1. The fraction of sp³-hybridized carbons (Fsp3) is 0.562. The Morgan fingerprint density at radius 1 is 1.32 bits per heavy atom. The Labute approximate surface area is 116 Å². The van der Waals surface area contributed by atoms with Crippen molar-refractivity contribution in [2.24, 2.45) is 10.7 Å². The minimum absolute atomic E-state index is 0.0348. The van der Waals surface area contributed by atoms with Gasteiger partial charge >= 0.3 is 0 Å². The maximum atomic E-state index is 5.95. The van der Waals surface area contributed by atoms with Crippen molar-refractivity contribution >= 4 is 5.96 Å². The summed E-state index contributed by atoms with van der Waals surface area (Å²) in [5, 5.41) is 3.21. The molecule has 0 bridgehead atoms. The molecule has 0 spiro atoms. The van der Waals surface area contributed by atoms with E-state index in [0.29, 0.717) is 5.96 Å². The fourth-order valence-electron chi connectivity index (χ4n) is 2.49. The molecule has 104 valence electrons. The molecule has 1 aromatic rings. The lowest BCUT2D eigenvalue weighted by Gasteiger charge is -2.22. The normalized spacial score (nSPS) is 18.2. The molecule has 0 radical (unpaired) electrons. The summed E-state index contributed by atoms with van der Waals surface area (Å²) in [4.78, 5) is 4.54. The number of aliphatic imine (C=N–C) groups is 1. The van der Waals surface area contributed by atoms with Gasteiger partial charge in [0.2, 0.25) is 0 Å². The molecule has 3 heteroatoms. The molecular weight excluding hydrogens is 234 g/mol. The Balaban J connectivity index is 2.07. The summed E-state index contributed by atoms with van der Waals surface area (Å²) in [6.45, 7) is 9.22. The summed E-state index contributed by atoms with van der Waals surface area (Å²) < 4.78 is 0. The average molecular weight is 259 g/mol. The highest BCUT2D eigenvalue weighted by Crippen LogP contribution is 2.49. The molecule has 1 aliphatic carbocycles. The summed E-state index contributed by atoms with van der Waals surface area (Å²) >= 11 is 0. The van der Waals surface area contributed by atoms with Crippen LogP contribution >= 0.6 is 0 Å². The van der Waals surface area contributed by atoms with E-state index in [1.54, 1.807) is 0 Å². The molecule has 1 aliphatic rings. The van der Waals surface area contributed by atoms with Gasteiger partial charge in [0.1, 0.15) is 0 Å². The van der Waals surface area contributed by atoms with Crippen LogP contribution in [-0.2, 0) is 5.41 Å². The Morgan fingerprint density at radius 3 is 2.47 bits per heavy atom. The number of hydrogen-bond donors (Lipinski definition) is 2. The monoisotopic (exact) mass is 259 g/mol.